The van der Waals surface area contributed by atoms with Gasteiger partial charge in [-0.15, -0.1) is 12.6 Å². The van der Waals surface area contributed by atoms with Gasteiger partial charge in [-0.25, -0.2) is 4.98 Å². The van der Waals surface area contributed by atoms with Gasteiger partial charge >= 0.3 is 0 Å². The molecule has 0 aliphatic rings. The summed E-state index contributed by atoms with van der Waals surface area (Å²) in [5.74, 6) is 0.575. The average molecular weight is 344 g/mol. The number of pyridine rings is 1. The van der Waals surface area contributed by atoms with E-state index in [2.05, 4.69) is 22.9 Å². The molecule has 0 amide bonds. The van der Waals surface area contributed by atoms with Crippen LogP contribution in [0.1, 0.15) is 21.5 Å². The lowest BCUT2D eigenvalue weighted by Crippen LogP contribution is -2.13. The fraction of sp³-hybridized carbons (Fsp3) is 0.100. The standard InChI is InChI=1S/C20H17BN2OS/c1-12-6-18(21)20(22-10-12)23-19-9-15(7-16(11-24)13(19)2)14-4-3-5-17(25)8-14/h3-11,25H,1-2H3,(H,22,23). The summed E-state index contributed by atoms with van der Waals surface area (Å²) >= 11 is 4.39. The molecule has 1 heterocycles. The van der Waals surface area contributed by atoms with Gasteiger partial charge in [0, 0.05) is 22.3 Å². The highest BCUT2D eigenvalue weighted by Crippen LogP contribution is 2.30. The predicted molar refractivity (Wildman–Crippen MR) is 107 cm³/mol. The third-order valence-electron chi connectivity index (χ3n) is 4.06. The third kappa shape index (κ3) is 3.77. The van der Waals surface area contributed by atoms with Crippen LogP contribution in [0.3, 0.4) is 0 Å². The average Bonchev–Trinajstić information content (AvgIpc) is 2.59. The van der Waals surface area contributed by atoms with Gasteiger partial charge < -0.3 is 5.32 Å². The molecule has 0 saturated carbocycles. The molecule has 0 aliphatic heterocycles. The largest absolute Gasteiger partial charge is 0.340 e. The van der Waals surface area contributed by atoms with Gasteiger partial charge in [-0.3, -0.25) is 4.79 Å². The zero-order valence-electron chi connectivity index (χ0n) is 14.1. The highest BCUT2D eigenvalue weighted by Gasteiger charge is 2.10. The van der Waals surface area contributed by atoms with Gasteiger partial charge in [-0.2, -0.15) is 0 Å². The van der Waals surface area contributed by atoms with Crippen molar-refractivity contribution in [3.05, 3.63) is 65.4 Å². The van der Waals surface area contributed by atoms with Crippen molar-refractivity contribution in [3.8, 4) is 11.1 Å². The topological polar surface area (TPSA) is 42.0 Å². The van der Waals surface area contributed by atoms with E-state index in [0.29, 0.717) is 16.8 Å². The van der Waals surface area contributed by atoms with Crippen LogP contribution in [0.5, 0.6) is 0 Å². The van der Waals surface area contributed by atoms with Crippen LogP contribution in [-0.4, -0.2) is 19.1 Å². The molecule has 122 valence electrons. The first-order chi connectivity index (χ1) is 12.0. The maximum Gasteiger partial charge on any atom is 0.150 e. The Hall–Kier alpha value is -2.53. The van der Waals surface area contributed by atoms with Gasteiger partial charge in [0.15, 0.2) is 0 Å². The molecule has 5 heteroatoms. The Labute approximate surface area is 154 Å². The van der Waals surface area contributed by atoms with Gasteiger partial charge in [0.1, 0.15) is 20.0 Å². The minimum atomic E-state index is 0.565. The maximum absolute atomic E-state index is 11.5. The van der Waals surface area contributed by atoms with Crippen LogP contribution >= 0.6 is 12.6 Å². The predicted octanol–water partition coefficient (Wildman–Crippen LogP) is 4.00. The molecule has 3 aromatic rings. The van der Waals surface area contributed by atoms with E-state index in [1.807, 2.05) is 56.3 Å². The third-order valence-corrected chi connectivity index (χ3v) is 4.34. The van der Waals surface area contributed by atoms with Gasteiger partial charge in [-0.1, -0.05) is 23.7 Å². The monoisotopic (exact) mass is 344 g/mol. The molecule has 3 nitrogen and oxygen atoms in total. The van der Waals surface area contributed by atoms with Gasteiger partial charge in [0.25, 0.3) is 0 Å². The summed E-state index contributed by atoms with van der Waals surface area (Å²) in [5.41, 5.74) is 5.74. The van der Waals surface area contributed by atoms with Crippen molar-refractivity contribution >= 4 is 43.7 Å². The fourth-order valence-electron chi connectivity index (χ4n) is 2.66. The van der Waals surface area contributed by atoms with Crippen molar-refractivity contribution in [1.82, 2.24) is 4.98 Å². The molecule has 25 heavy (non-hydrogen) atoms. The van der Waals surface area contributed by atoms with Crippen LogP contribution in [0.4, 0.5) is 11.5 Å². The normalized spacial score (nSPS) is 10.5. The number of anilines is 2. The number of aldehydes is 1. The summed E-state index contributed by atoms with van der Waals surface area (Å²) in [4.78, 5) is 16.7. The Morgan fingerprint density at radius 3 is 2.60 bits per heavy atom. The Balaban J connectivity index is 2.09. The Bertz CT molecular complexity index is 956. The Kier molecular flexibility index (Phi) is 4.95. The number of carbonyl (C=O) groups excluding carboxylic acids is 1. The van der Waals surface area contributed by atoms with Gasteiger partial charge in [-0.05, 0) is 60.4 Å². The van der Waals surface area contributed by atoms with Crippen molar-refractivity contribution < 1.29 is 4.79 Å². The van der Waals surface area contributed by atoms with E-state index in [4.69, 9.17) is 7.85 Å². The van der Waals surface area contributed by atoms with Crippen molar-refractivity contribution in [1.29, 1.82) is 0 Å². The molecule has 0 bridgehead atoms. The highest BCUT2D eigenvalue weighted by molar-refractivity contribution is 7.80. The van der Waals surface area contributed by atoms with E-state index >= 15 is 0 Å². The Morgan fingerprint density at radius 1 is 1.12 bits per heavy atom. The van der Waals surface area contributed by atoms with E-state index < -0.39 is 0 Å². The van der Waals surface area contributed by atoms with Gasteiger partial charge in [0.2, 0.25) is 0 Å². The molecule has 0 spiro atoms. The molecular weight excluding hydrogens is 327 g/mol. The summed E-state index contributed by atoms with van der Waals surface area (Å²) in [6.45, 7) is 3.84. The molecule has 0 aliphatic carbocycles. The number of aryl methyl sites for hydroxylation is 1. The molecule has 2 aromatic carbocycles. The van der Waals surface area contributed by atoms with Gasteiger partial charge in [0.05, 0.1) is 0 Å². The number of aromatic nitrogens is 1. The minimum absolute atomic E-state index is 0.565. The SMILES string of the molecule is [B]c1cc(C)cnc1Nc1cc(-c2cccc(S)c2)cc(C=O)c1C. The van der Waals surface area contributed by atoms with E-state index in [1.54, 1.807) is 6.20 Å². The van der Waals surface area contributed by atoms with Crippen molar-refractivity contribution in [3.63, 3.8) is 0 Å². The number of carbonyl (C=O) groups is 1. The molecule has 2 radical (unpaired) electrons. The lowest BCUT2D eigenvalue weighted by Gasteiger charge is -2.15. The number of hydrogen-bond acceptors (Lipinski definition) is 4. The molecule has 0 fully saturated rings. The zero-order valence-corrected chi connectivity index (χ0v) is 15.0. The maximum atomic E-state index is 11.5. The van der Waals surface area contributed by atoms with E-state index in [0.717, 1.165) is 39.1 Å². The first-order valence-corrected chi connectivity index (χ1v) is 8.31. The van der Waals surface area contributed by atoms with Crippen LogP contribution in [0.2, 0.25) is 0 Å². The smallest absolute Gasteiger partial charge is 0.150 e. The number of rotatable bonds is 4. The van der Waals surface area contributed by atoms with Crippen LogP contribution in [0.15, 0.2) is 53.6 Å². The first kappa shape index (κ1) is 17.3. The minimum Gasteiger partial charge on any atom is -0.340 e. The lowest BCUT2D eigenvalue weighted by atomic mass is 9.94. The number of benzene rings is 2. The molecule has 1 N–H and O–H groups in total. The first-order valence-electron chi connectivity index (χ1n) is 7.86. The summed E-state index contributed by atoms with van der Waals surface area (Å²) in [5, 5.41) is 3.25. The number of thiol groups is 1. The number of nitrogens with zero attached hydrogens (tertiary/aromatic N) is 1. The summed E-state index contributed by atoms with van der Waals surface area (Å²) in [6, 6.07) is 13.5. The summed E-state index contributed by atoms with van der Waals surface area (Å²) in [7, 11) is 6.05. The number of hydrogen-bond donors (Lipinski definition) is 2. The van der Waals surface area contributed by atoms with E-state index in [9.17, 15) is 4.79 Å². The van der Waals surface area contributed by atoms with E-state index in [-0.39, 0.29) is 0 Å². The van der Waals surface area contributed by atoms with Crippen molar-refractivity contribution in [2.45, 2.75) is 18.7 Å². The summed E-state index contributed by atoms with van der Waals surface area (Å²) in [6.07, 6.45) is 2.61. The molecule has 0 unspecified atom stereocenters. The second-order valence-corrected chi connectivity index (χ2v) is 6.50. The lowest BCUT2D eigenvalue weighted by molar-refractivity contribution is 0.112. The van der Waals surface area contributed by atoms with Crippen LogP contribution < -0.4 is 10.8 Å². The Morgan fingerprint density at radius 2 is 1.92 bits per heavy atom. The molecule has 0 saturated heterocycles. The van der Waals surface area contributed by atoms with Crippen molar-refractivity contribution in [2.24, 2.45) is 0 Å². The molecule has 3 rings (SSSR count). The second-order valence-electron chi connectivity index (χ2n) is 5.98. The van der Waals surface area contributed by atoms with Crippen LogP contribution in [0, 0.1) is 13.8 Å². The fourth-order valence-corrected chi connectivity index (χ4v) is 2.89. The molecule has 0 atom stereocenters. The van der Waals surface area contributed by atoms with E-state index in [1.165, 1.54) is 0 Å². The summed E-state index contributed by atoms with van der Waals surface area (Å²) < 4.78 is 0. The molecular formula is C20H17BN2OS. The number of nitrogens with one attached hydrogen (secondary N) is 1. The molecule has 1 aromatic heterocycles. The van der Waals surface area contributed by atoms with Crippen LogP contribution in [0.25, 0.3) is 11.1 Å². The van der Waals surface area contributed by atoms with Crippen molar-refractivity contribution in [2.75, 3.05) is 5.32 Å². The van der Waals surface area contributed by atoms with Crippen LogP contribution in [-0.2, 0) is 0 Å². The highest BCUT2D eigenvalue weighted by atomic mass is 32.1. The zero-order chi connectivity index (χ0) is 18.0. The quantitative estimate of drug-likeness (QED) is 0.427. The second kappa shape index (κ2) is 7.15.